The van der Waals surface area contributed by atoms with Crippen molar-refractivity contribution in [3.05, 3.63) is 47.3 Å². The second-order valence-electron chi connectivity index (χ2n) is 4.98. The average Bonchev–Trinajstić information content (AvgIpc) is 3.06. The van der Waals surface area contributed by atoms with Crippen LogP contribution in [-0.4, -0.2) is 25.1 Å². The number of nitrogens with zero attached hydrogens (tertiary/aromatic N) is 5. The van der Waals surface area contributed by atoms with Crippen LogP contribution in [0.25, 0.3) is 11.4 Å². The Kier molecular flexibility index (Phi) is 4.78. The van der Waals surface area contributed by atoms with Crippen LogP contribution in [0.1, 0.15) is 24.6 Å². The zero-order valence-corrected chi connectivity index (χ0v) is 14.1. The molecule has 130 valence electrons. The van der Waals surface area contributed by atoms with Gasteiger partial charge in [0.2, 0.25) is 11.8 Å². The number of halogens is 4. The van der Waals surface area contributed by atoms with Crippen molar-refractivity contribution < 1.29 is 13.3 Å². The third kappa shape index (κ3) is 4.18. The smallest absolute Gasteiger partial charge is 0.346 e. The molecule has 0 aliphatic carbocycles. The van der Waals surface area contributed by atoms with Crippen molar-refractivity contribution in [2.75, 3.05) is 5.32 Å². The molecular weight excluding hydrogens is 377 g/mol. The zero-order valence-electron chi connectivity index (χ0n) is 12.6. The lowest BCUT2D eigenvalue weighted by molar-refractivity contribution is 0.0551. The molecule has 3 aromatic rings. The van der Waals surface area contributed by atoms with E-state index in [2.05, 4.69) is 34.9 Å². The second kappa shape index (κ2) is 6.85. The molecule has 7 nitrogen and oxygen atoms in total. The van der Waals surface area contributed by atoms with Crippen molar-refractivity contribution in [2.45, 2.75) is 18.3 Å². The van der Waals surface area contributed by atoms with Crippen LogP contribution in [0, 0.1) is 0 Å². The molecule has 1 unspecified atom stereocenters. The van der Waals surface area contributed by atoms with Gasteiger partial charge in [-0.1, -0.05) is 16.8 Å². The summed E-state index contributed by atoms with van der Waals surface area (Å²) in [6.45, 7) is 1.87. The summed E-state index contributed by atoms with van der Waals surface area (Å²) in [5, 5.41) is 3.31. The van der Waals surface area contributed by atoms with E-state index in [4.69, 9.17) is 23.2 Å². The summed E-state index contributed by atoms with van der Waals surface area (Å²) >= 11 is 10.8. The van der Waals surface area contributed by atoms with Gasteiger partial charge in [-0.25, -0.2) is 9.97 Å². The van der Waals surface area contributed by atoms with Crippen molar-refractivity contribution >= 4 is 29.2 Å². The van der Waals surface area contributed by atoms with Gasteiger partial charge in [-0.05, 0) is 30.7 Å². The van der Waals surface area contributed by atoms with E-state index in [-0.39, 0.29) is 11.9 Å². The van der Waals surface area contributed by atoms with Gasteiger partial charge in [0.1, 0.15) is 0 Å². The molecule has 0 aromatic carbocycles. The number of alkyl halides is 3. The number of aromatic nitrogens is 5. The molecule has 0 spiro atoms. The highest BCUT2D eigenvalue weighted by Gasteiger charge is 2.35. The predicted molar refractivity (Wildman–Crippen MR) is 86.4 cm³/mol. The van der Waals surface area contributed by atoms with Crippen LogP contribution in [-0.2, 0) is 5.38 Å². The number of hydrogen-bond donors (Lipinski definition) is 1. The van der Waals surface area contributed by atoms with Crippen LogP contribution in [0.4, 0.5) is 14.7 Å². The highest BCUT2D eigenvalue weighted by Crippen LogP contribution is 2.32. The maximum absolute atomic E-state index is 12.9. The van der Waals surface area contributed by atoms with E-state index >= 15 is 0 Å². The molecule has 0 saturated carbocycles. The lowest BCUT2D eigenvalue weighted by atomic mass is 10.2. The third-order valence-corrected chi connectivity index (χ3v) is 3.51. The fourth-order valence-electron chi connectivity index (χ4n) is 1.90. The topological polar surface area (TPSA) is 89.6 Å². The second-order valence-corrected chi connectivity index (χ2v) is 5.89. The first-order valence-electron chi connectivity index (χ1n) is 6.94. The fourth-order valence-corrected chi connectivity index (χ4v) is 2.14. The summed E-state index contributed by atoms with van der Waals surface area (Å²) in [6, 6.07) is 3.20. The van der Waals surface area contributed by atoms with Gasteiger partial charge in [-0.3, -0.25) is 4.98 Å². The quantitative estimate of drug-likeness (QED) is 0.661. The monoisotopic (exact) mass is 386 g/mol. The molecule has 3 rings (SSSR count). The van der Waals surface area contributed by atoms with Crippen LogP contribution < -0.4 is 5.32 Å². The molecule has 0 aliphatic heterocycles. The lowest BCUT2D eigenvalue weighted by Crippen LogP contribution is -2.10. The first kappa shape index (κ1) is 17.4. The molecule has 0 saturated heterocycles. The SMILES string of the molecule is CC(Nc1ncc(-c2noc(C(F)(F)Cl)n2)cn1)c1cc(Cl)ccn1. The van der Waals surface area contributed by atoms with Gasteiger partial charge in [0, 0.05) is 23.6 Å². The summed E-state index contributed by atoms with van der Waals surface area (Å²) in [4.78, 5) is 15.9. The summed E-state index contributed by atoms with van der Waals surface area (Å²) in [6.07, 6.45) is 4.34. The normalized spacial score (nSPS) is 12.8. The summed E-state index contributed by atoms with van der Waals surface area (Å²) in [5.41, 5.74) is 1.02. The van der Waals surface area contributed by atoms with E-state index in [1.807, 2.05) is 6.92 Å². The number of anilines is 1. The van der Waals surface area contributed by atoms with Gasteiger partial charge < -0.3 is 9.84 Å². The number of rotatable bonds is 5. The molecule has 3 heterocycles. The Labute approximate surface area is 150 Å². The fraction of sp³-hybridized carbons (Fsp3) is 0.214. The Morgan fingerprint density at radius 3 is 2.56 bits per heavy atom. The van der Waals surface area contributed by atoms with Crippen molar-refractivity contribution in [1.29, 1.82) is 0 Å². The van der Waals surface area contributed by atoms with E-state index in [1.54, 1.807) is 18.3 Å². The maximum Gasteiger partial charge on any atom is 0.400 e. The predicted octanol–water partition coefficient (Wildman–Crippen LogP) is 4.04. The number of pyridine rings is 1. The highest BCUT2D eigenvalue weighted by atomic mass is 35.5. The van der Waals surface area contributed by atoms with Crippen molar-refractivity contribution in [2.24, 2.45) is 0 Å². The van der Waals surface area contributed by atoms with Gasteiger partial charge in [0.25, 0.3) is 0 Å². The van der Waals surface area contributed by atoms with Crippen LogP contribution >= 0.6 is 23.2 Å². The summed E-state index contributed by atoms with van der Waals surface area (Å²) in [5.74, 6) is -0.775. The molecule has 1 atom stereocenters. The Hall–Kier alpha value is -2.39. The van der Waals surface area contributed by atoms with Crippen LogP contribution in [0.3, 0.4) is 0 Å². The molecule has 25 heavy (non-hydrogen) atoms. The van der Waals surface area contributed by atoms with Crippen molar-refractivity contribution in [3.63, 3.8) is 0 Å². The average molecular weight is 387 g/mol. The molecule has 3 aromatic heterocycles. The highest BCUT2D eigenvalue weighted by molar-refractivity contribution is 6.30. The van der Waals surface area contributed by atoms with E-state index < -0.39 is 11.3 Å². The van der Waals surface area contributed by atoms with E-state index in [1.165, 1.54) is 12.4 Å². The van der Waals surface area contributed by atoms with Gasteiger partial charge in [0.15, 0.2) is 0 Å². The molecular formula is C14H10Cl2F2N6O. The Morgan fingerprint density at radius 1 is 1.24 bits per heavy atom. The van der Waals surface area contributed by atoms with Crippen molar-refractivity contribution in [3.8, 4) is 11.4 Å². The minimum atomic E-state index is -3.73. The van der Waals surface area contributed by atoms with Gasteiger partial charge in [-0.15, -0.1) is 0 Å². The molecule has 11 heteroatoms. The summed E-state index contributed by atoms with van der Waals surface area (Å²) in [7, 11) is 0. The molecule has 0 radical (unpaired) electrons. The standard InChI is InChI=1S/C14H10Cl2F2N6O/c1-7(10-4-9(15)2-3-19-10)22-13-20-5-8(6-21-13)11-23-12(25-24-11)14(16,17)18/h2-7H,1H3,(H,20,21,22). The molecule has 0 fully saturated rings. The van der Waals surface area contributed by atoms with Crippen molar-refractivity contribution in [1.82, 2.24) is 25.1 Å². The Bertz CT molecular complexity index is 868. The van der Waals surface area contributed by atoms with Gasteiger partial charge in [-0.2, -0.15) is 13.8 Å². The molecule has 0 bridgehead atoms. The lowest BCUT2D eigenvalue weighted by Gasteiger charge is -2.13. The number of hydrogen-bond acceptors (Lipinski definition) is 7. The van der Waals surface area contributed by atoms with Gasteiger partial charge in [0.05, 0.1) is 17.3 Å². The van der Waals surface area contributed by atoms with E-state index in [0.29, 0.717) is 22.2 Å². The first-order valence-corrected chi connectivity index (χ1v) is 7.70. The van der Waals surface area contributed by atoms with E-state index in [0.717, 1.165) is 0 Å². The first-order chi connectivity index (χ1) is 11.8. The summed E-state index contributed by atoms with van der Waals surface area (Å²) < 4.78 is 30.2. The maximum atomic E-state index is 12.9. The van der Waals surface area contributed by atoms with E-state index in [9.17, 15) is 8.78 Å². The third-order valence-electron chi connectivity index (χ3n) is 3.11. The molecule has 1 N–H and O–H groups in total. The Morgan fingerprint density at radius 2 is 1.96 bits per heavy atom. The molecule has 0 aliphatic rings. The zero-order chi connectivity index (χ0) is 18.0. The van der Waals surface area contributed by atoms with Crippen LogP contribution in [0.2, 0.25) is 5.02 Å². The largest absolute Gasteiger partial charge is 0.400 e. The number of nitrogens with one attached hydrogen (secondary N) is 1. The minimum Gasteiger partial charge on any atom is -0.346 e. The Balaban J connectivity index is 1.73. The van der Waals surface area contributed by atoms with Crippen LogP contribution in [0.15, 0.2) is 35.2 Å². The minimum absolute atomic E-state index is 0.0913. The molecule has 0 amide bonds. The van der Waals surface area contributed by atoms with Gasteiger partial charge >= 0.3 is 11.3 Å². The van der Waals surface area contributed by atoms with Crippen LogP contribution in [0.5, 0.6) is 0 Å².